The van der Waals surface area contributed by atoms with Crippen molar-refractivity contribution in [2.45, 2.75) is 31.3 Å². The van der Waals surface area contributed by atoms with Gasteiger partial charge in [-0.1, -0.05) is 36.0 Å². The van der Waals surface area contributed by atoms with Gasteiger partial charge in [0.2, 0.25) is 0 Å². The molecule has 0 fully saturated rings. The van der Waals surface area contributed by atoms with Gasteiger partial charge in [-0.3, -0.25) is 9.78 Å². The summed E-state index contributed by atoms with van der Waals surface area (Å²) in [6, 6.07) is 8.57. The first kappa shape index (κ1) is 16.8. The maximum atomic E-state index is 11.5. The van der Waals surface area contributed by atoms with E-state index in [1.54, 1.807) is 19.3 Å². The van der Waals surface area contributed by atoms with Crippen molar-refractivity contribution in [1.29, 1.82) is 0 Å². The monoisotopic (exact) mass is 343 g/mol. The number of carbonyl (C=O) groups excluding carboxylic acids is 1. The van der Waals surface area contributed by atoms with Crippen molar-refractivity contribution in [3.05, 3.63) is 47.8 Å². The molecule has 0 aliphatic carbocycles. The number of nitrogens with zero attached hydrogens (tertiary/aromatic N) is 3. The minimum atomic E-state index is -0.224. The minimum Gasteiger partial charge on any atom is -0.465 e. The number of carbonyl (C=O) groups is 1. The molecule has 1 aromatic carbocycles. The Bertz CT molecular complexity index is 708. The molecule has 0 amide bonds. The van der Waals surface area contributed by atoms with Crippen LogP contribution in [0.2, 0.25) is 0 Å². The van der Waals surface area contributed by atoms with E-state index in [4.69, 9.17) is 4.74 Å². The molecule has 1 aliphatic heterocycles. The Kier molecular flexibility index (Phi) is 5.69. The number of hydrogen-bond acceptors (Lipinski definition) is 6. The molecule has 0 bridgehead atoms. The van der Waals surface area contributed by atoms with E-state index >= 15 is 0 Å². The van der Waals surface area contributed by atoms with E-state index in [0.29, 0.717) is 6.61 Å². The van der Waals surface area contributed by atoms with Crippen molar-refractivity contribution in [2.75, 3.05) is 23.8 Å². The van der Waals surface area contributed by atoms with Crippen LogP contribution in [0.5, 0.6) is 0 Å². The van der Waals surface area contributed by atoms with Crippen LogP contribution >= 0.6 is 11.8 Å². The molecular formula is C18H21N3O2S. The van der Waals surface area contributed by atoms with Crippen molar-refractivity contribution < 1.29 is 9.53 Å². The smallest absolute Gasteiger partial charge is 0.316 e. The van der Waals surface area contributed by atoms with Gasteiger partial charge in [0.25, 0.3) is 0 Å². The third kappa shape index (κ3) is 4.26. The zero-order valence-corrected chi connectivity index (χ0v) is 14.6. The first-order chi connectivity index (χ1) is 11.8. The first-order valence-electron chi connectivity index (χ1n) is 8.18. The number of benzene rings is 1. The summed E-state index contributed by atoms with van der Waals surface area (Å²) in [7, 11) is 0. The van der Waals surface area contributed by atoms with Gasteiger partial charge in [0, 0.05) is 13.1 Å². The molecule has 3 rings (SSSR count). The second-order valence-electron chi connectivity index (χ2n) is 5.60. The standard InChI is InChI=1S/C18H21N3O2S/c1-2-23-18(22)13-24-17-11-19-10-16(20-17)21-9-5-8-14-6-3-4-7-15(14)12-21/h3-4,6-7,10-11H,2,5,8-9,12-13H2,1H3. The molecule has 5 nitrogen and oxygen atoms in total. The number of aromatic nitrogens is 2. The van der Waals surface area contributed by atoms with Crippen LogP contribution < -0.4 is 4.90 Å². The molecule has 126 valence electrons. The third-order valence-corrected chi connectivity index (χ3v) is 4.79. The molecule has 0 spiro atoms. The third-order valence-electron chi connectivity index (χ3n) is 3.92. The van der Waals surface area contributed by atoms with Gasteiger partial charge in [0.15, 0.2) is 0 Å². The number of aryl methyl sites for hydroxylation is 1. The van der Waals surface area contributed by atoms with E-state index in [2.05, 4.69) is 39.1 Å². The highest BCUT2D eigenvalue weighted by molar-refractivity contribution is 7.99. The van der Waals surface area contributed by atoms with Crippen LogP contribution in [0.4, 0.5) is 5.82 Å². The normalized spacial score (nSPS) is 14.0. The van der Waals surface area contributed by atoms with E-state index in [1.807, 2.05) is 0 Å². The largest absolute Gasteiger partial charge is 0.465 e. The predicted molar refractivity (Wildman–Crippen MR) is 95.2 cm³/mol. The summed E-state index contributed by atoms with van der Waals surface area (Å²) in [6.45, 7) is 4.00. The van der Waals surface area contributed by atoms with Gasteiger partial charge < -0.3 is 9.64 Å². The Morgan fingerprint density at radius 1 is 1.29 bits per heavy atom. The average molecular weight is 343 g/mol. The van der Waals surface area contributed by atoms with Crippen LogP contribution in [-0.4, -0.2) is 34.8 Å². The summed E-state index contributed by atoms with van der Waals surface area (Å²) in [4.78, 5) is 22.7. The Balaban J connectivity index is 1.70. The molecule has 2 aromatic rings. The van der Waals surface area contributed by atoms with Gasteiger partial charge in [0.05, 0.1) is 24.8 Å². The average Bonchev–Trinajstić information content (AvgIpc) is 2.83. The lowest BCUT2D eigenvalue weighted by atomic mass is 10.0. The van der Waals surface area contributed by atoms with Crippen molar-refractivity contribution >= 4 is 23.5 Å². The molecule has 2 heterocycles. The zero-order chi connectivity index (χ0) is 16.8. The Morgan fingerprint density at radius 2 is 2.12 bits per heavy atom. The van der Waals surface area contributed by atoms with Gasteiger partial charge in [-0.05, 0) is 30.9 Å². The lowest BCUT2D eigenvalue weighted by molar-refractivity contribution is -0.139. The lowest BCUT2D eigenvalue weighted by Gasteiger charge is -2.22. The Hall–Kier alpha value is -2.08. The van der Waals surface area contributed by atoms with Crippen molar-refractivity contribution in [2.24, 2.45) is 0 Å². The van der Waals surface area contributed by atoms with E-state index in [9.17, 15) is 4.79 Å². The van der Waals surface area contributed by atoms with E-state index in [0.717, 1.165) is 36.8 Å². The number of ether oxygens (including phenoxy) is 1. The van der Waals surface area contributed by atoms with Crippen molar-refractivity contribution in [3.8, 4) is 0 Å². The van der Waals surface area contributed by atoms with E-state index < -0.39 is 0 Å². The van der Waals surface area contributed by atoms with Crippen LogP contribution in [0.25, 0.3) is 0 Å². The van der Waals surface area contributed by atoms with E-state index in [-0.39, 0.29) is 11.7 Å². The second kappa shape index (κ2) is 8.15. The Morgan fingerprint density at radius 3 is 2.96 bits per heavy atom. The number of fused-ring (bicyclic) bond motifs is 1. The summed E-state index contributed by atoms with van der Waals surface area (Å²) in [6.07, 6.45) is 5.68. The maximum absolute atomic E-state index is 11.5. The molecule has 0 saturated heterocycles. The molecule has 6 heteroatoms. The summed E-state index contributed by atoms with van der Waals surface area (Å²) in [5.41, 5.74) is 2.77. The minimum absolute atomic E-state index is 0.224. The molecular weight excluding hydrogens is 322 g/mol. The SMILES string of the molecule is CCOC(=O)CSc1cncc(N2CCCc3ccccc3C2)n1. The fourth-order valence-electron chi connectivity index (χ4n) is 2.79. The molecule has 1 aromatic heterocycles. The van der Waals surface area contributed by atoms with Gasteiger partial charge in [0.1, 0.15) is 10.8 Å². The Labute approximate surface area is 146 Å². The quantitative estimate of drug-likeness (QED) is 0.614. The van der Waals surface area contributed by atoms with Gasteiger partial charge in [-0.25, -0.2) is 4.98 Å². The fourth-order valence-corrected chi connectivity index (χ4v) is 3.43. The maximum Gasteiger partial charge on any atom is 0.316 e. The summed E-state index contributed by atoms with van der Waals surface area (Å²) in [5.74, 6) is 0.897. The summed E-state index contributed by atoms with van der Waals surface area (Å²) in [5, 5.41) is 0.748. The molecule has 0 radical (unpaired) electrons. The molecule has 0 atom stereocenters. The summed E-state index contributed by atoms with van der Waals surface area (Å²) < 4.78 is 4.95. The highest BCUT2D eigenvalue weighted by atomic mass is 32.2. The molecule has 1 aliphatic rings. The first-order valence-corrected chi connectivity index (χ1v) is 9.17. The number of thioether (sulfide) groups is 1. The molecule has 0 saturated carbocycles. The topological polar surface area (TPSA) is 55.3 Å². The molecule has 24 heavy (non-hydrogen) atoms. The van der Waals surface area contributed by atoms with Crippen LogP contribution in [0.3, 0.4) is 0 Å². The molecule has 0 N–H and O–H groups in total. The molecule has 0 unspecified atom stereocenters. The van der Waals surface area contributed by atoms with Crippen molar-refractivity contribution in [1.82, 2.24) is 9.97 Å². The van der Waals surface area contributed by atoms with Crippen LogP contribution in [0, 0.1) is 0 Å². The van der Waals surface area contributed by atoms with Crippen LogP contribution in [-0.2, 0) is 22.5 Å². The number of hydrogen-bond donors (Lipinski definition) is 0. The predicted octanol–water partition coefficient (Wildman–Crippen LogP) is 3.08. The van der Waals surface area contributed by atoms with Crippen LogP contribution in [0.15, 0.2) is 41.7 Å². The van der Waals surface area contributed by atoms with Gasteiger partial charge in [-0.15, -0.1) is 0 Å². The highest BCUT2D eigenvalue weighted by Crippen LogP contribution is 2.24. The van der Waals surface area contributed by atoms with Crippen LogP contribution in [0.1, 0.15) is 24.5 Å². The number of esters is 1. The van der Waals surface area contributed by atoms with Gasteiger partial charge in [-0.2, -0.15) is 0 Å². The fraction of sp³-hybridized carbons (Fsp3) is 0.389. The highest BCUT2D eigenvalue weighted by Gasteiger charge is 2.16. The van der Waals surface area contributed by atoms with E-state index in [1.165, 1.54) is 22.9 Å². The van der Waals surface area contributed by atoms with Gasteiger partial charge >= 0.3 is 5.97 Å². The summed E-state index contributed by atoms with van der Waals surface area (Å²) >= 11 is 1.36. The number of rotatable bonds is 5. The number of anilines is 1. The van der Waals surface area contributed by atoms with Crippen molar-refractivity contribution in [3.63, 3.8) is 0 Å². The lowest BCUT2D eigenvalue weighted by Crippen LogP contribution is -2.23. The second-order valence-corrected chi connectivity index (χ2v) is 6.60. The zero-order valence-electron chi connectivity index (χ0n) is 13.8.